The summed E-state index contributed by atoms with van der Waals surface area (Å²) in [5.41, 5.74) is 1.95. The Bertz CT molecular complexity index is 1630. The standard InChI is InChI=1S/2C13H11NO2.3C3H4O2.6BrH.2O.6Zn/c2*15-12-9-5-4-8-11(12)13(16)14-10-6-2-1-3-7-10;3*1-2-3(4)5;;;;;;;;;;;;;;/h2*1-9,15H,(H,14,16);3*2H,1H2,(H,4,5);6*1H;;;;;;;;/q;;;;;;;;;;;2*-2;6*+2/p-6. The monoisotopic (exact) mass is 1530 g/mol. The van der Waals surface area contributed by atoms with Gasteiger partial charge in [0.25, 0.3) is 11.8 Å². The summed E-state index contributed by atoms with van der Waals surface area (Å²) >= 11 is 19.9. The fraction of sp³-hybridized carbons (Fsp3) is 0. The number of hydrogen-bond donors (Lipinski definition) is 7. The number of aliphatic carboxylic acids is 3. The SMILES string of the molecule is C=CC(=O)O.C=CC(=O)O.C=CC(=O)O.O=C(Nc1ccccc1)c1ccccc1O.O=C(Nc1ccccc1)c1ccccc1O.[Br][Zn-]([Br])[Br].[Br][Zn-]([Br])[Br].[O-2].[O-2].[Zn+2].[Zn+2].[Zn+2].[Zn+2]. The van der Waals surface area contributed by atoms with Crippen LogP contribution < -0.4 is 10.6 Å². The van der Waals surface area contributed by atoms with Crippen LogP contribution in [0.2, 0.25) is 0 Å². The van der Waals surface area contributed by atoms with Crippen LogP contribution in [-0.4, -0.2) is 55.3 Å². The van der Waals surface area contributed by atoms with Gasteiger partial charge < -0.3 is 47.1 Å². The van der Waals surface area contributed by atoms with Gasteiger partial charge in [-0.1, -0.05) is 80.4 Å². The van der Waals surface area contributed by atoms with Crippen molar-refractivity contribution in [1.82, 2.24) is 0 Å². The van der Waals surface area contributed by atoms with E-state index in [-0.39, 0.29) is 123 Å². The molecule has 0 atom stereocenters. The molecule has 61 heavy (non-hydrogen) atoms. The largest absolute Gasteiger partial charge is 2.00 e. The Morgan fingerprint density at radius 3 is 0.803 bits per heavy atom. The van der Waals surface area contributed by atoms with Gasteiger partial charge in [-0.25, -0.2) is 14.4 Å². The van der Waals surface area contributed by atoms with Crippen LogP contribution in [0.25, 0.3) is 0 Å². The molecule has 26 heteroatoms. The van der Waals surface area contributed by atoms with E-state index in [0.29, 0.717) is 11.4 Å². The van der Waals surface area contributed by atoms with Crippen LogP contribution >= 0.6 is 81.7 Å². The molecule has 0 fully saturated rings. The third-order valence-electron chi connectivity index (χ3n) is 4.88. The molecule has 4 rings (SSSR count). The number of carboxylic acid groups (broad SMARTS) is 3. The number of carboxylic acids is 3. The van der Waals surface area contributed by atoms with Gasteiger partial charge in [0, 0.05) is 29.6 Å². The molecular weight excluding hydrogens is 1510 g/mol. The molecular formula is C35H34Br6N2O12Zn6+2. The van der Waals surface area contributed by atoms with Gasteiger partial charge in [-0.05, 0) is 48.5 Å². The molecule has 14 nitrogen and oxygen atoms in total. The van der Waals surface area contributed by atoms with E-state index < -0.39 is 38.1 Å². The summed E-state index contributed by atoms with van der Waals surface area (Å²) in [6, 6.07) is 31.1. The second-order valence-electron chi connectivity index (χ2n) is 8.91. The van der Waals surface area contributed by atoms with Crippen LogP contribution in [0.15, 0.2) is 147 Å². The maximum absolute atomic E-state index is 11.8. The number of rotatable bonds is 7. The van der Waals surface area contributed by atoms with E-state index in [1.807, 2.05) is 36.4 Å². The third-order valence-corrected chi connectivity index (χ3v) is 4.88. The molecule has 308 valence electrons. The van der Waals surface area contributed by atoms with Crippen LogP contribution in [0.5, 0.6) is 11.5 Å². The van der Waals surface area contributed by atoms with Crippen LogP contribution in [0.4, 0.5) is 11.4 Å². The Morgan fingerprint density at radius 2 is 0.623 bits per heavy atom. The molecule has 0 aromatic heterocycles. The van der Waals surface area contributed by atoms with E-state index >= 15 is 0 Å². The van der Waals surface area contributed by atoms with E-state index in [1.54, 1.807) is 60.7 Å². The molecule has 0 aliphatic heterocycles. The number of hydrogen-bond acceptors (Lipinski definition) is 7. The zero-order valence-electron chi connectivity index (χ0n) is 32.3. The summed E-state index contributed by atoms with van der Waals surface area (Å²) in [6.07, 6.45) is 2.50. The number of phenolic OH excluding ortho intramolecular Hbond substituents is 2. The van der Waals surface area contributed by atoms with E-state index in [2.05, 4.69) is 112 Å². The third kappa shape index (κ3) is 55.7. The minimum atomic E-state index is -1.19. The Labute approximate surface area is 455 Å². The number of phenols is 2. The average molecular weight is 1550 g/mol. The Hall–Kier alpha value is -0.410. The van der Waals surface area contributed by atoms with Crippen LogP contribution in [0.1, 0.15) is 20.7 Å². The second kappa shape index (κ2) is 53.9. The number of carbonyl (C=O) groups is 5. The Balaban J connectivity index is -0.0000000799. The number of halogens is 6. The maximum atomic E-state index is 11.8. The quantitative estimate of drug-likeness (QED) is 0.0679. The van der Waals surface area contributed by atoms with Gasteiger partial charge in [0.1, 0.15) is 11.5 Å². The normalized spacial score (nSPS) is 7.57. The molecule has 0 heterocycles. The number of benzene rings is 4. The smallest absolute Gasteiger partial charge is 2.00 e. The van der Waals surface area contributed by atoms with Gasteiger partial charge in [0.15, 0.2) is 0 Å². The first-order valence-electron chi connectivity index (χ1n) is 14.8. The van der Waals surface area contributed by atoms with Crippen molar-refractivity contribution in [3.8, 4) is 11.5 Å². The summed E-state index contributed by atoms with van der Waals surface area (Å²) in [7, 11) is -2.38. The van der Waals surface area contributed by atoms with Crippen molar-refractivity contribution in [2.24, 2.45) is 0 Å². The molecule has 0 saturated carbocycles. The van der Waals surface area contributed by atoms with Gasteiger partial charge in [-0.15, -0.1) is 0 Å². The number of amides is 2. The van der Waals surface area contributed by atoms with Gasteiger partial charge in [-0.3, -0.25) is 9.59 Å². The molecule has 0 aliphatic rings. The molecule has 2 amide bonds. The first-order valence-corrected chi connectivity index (χ1v) is 56.5. The topological polar surface area (TPSA) is 268 Å². The van der Waals surface area contributed by atoms with Gasteiger partial charge in [0.2, 0.25) is 0 Å². The van der Waals surface area contributed by atoms with Crippen molar-refractivity contribution in [3.05, 3.63) is 158 Å². The summed E-state index contributed by atoms with van der Waals surface area (Å²) < 4.78 is 0. The second-order valence-corrected chi connectivity index (χ2v) is 93.3. The average Bonchev–Trinajstić information content (AvgIpc) is 3.13. The molecule has 0 spiro atoms. The van der Waals surface area contributed by atoms with E-state index in [0.717, 1.165) is 18.2 Å². The first-order chi connectivity index (χ1) is 25.8. The van der Waals surface area contributed by atoms with Gasteiger partial charge in [-0.2, -0.15) is 0 Å². The fourth-order valence-electron chi connectivity index (χ4n) is 2.77. The van der Waals surface area contributed by atoms with Gasteiger partial charge in [0.05, 0.1) is 11.1 Å². The van der Waals surface area contributed by atoms with Crippen molar-refractivity contribution in [1.29, 1.82) is 0 Å². The van der Waals surface area contributed by atoms with E-state index in [1.165, 1.54) is 12.1 Å². The fourth-order valence-corrected chi connectivity index (χ4v) is 2.77. The molecule has 0 bridgehead atoms. The van der Waals surface area contributed by atoms with Crippen molar-refractivity contribution in [2.75, 3.05) is 10.6 Å². The summed E-state index contributed by atoms with van der Waals surface area (Å²) in [6.45, 7) is 8.88. The van der Waals surface area contributed by atoms with Crippen molar-refractivity contribution < 1.29 is 159 Å². The number of anilines is 2. The Morgan fingerprint density at radius 1 is 0.443 bits per heavy atom. The van der Waals surface area contributed by atoms with Crippen molar-refractivity contribution >= 4 is 123 Å². The minimum absolute atomic E-state index is 0. The zero-order chi connectivity index (χ0) is 42.8. The minimum Gasteiger partial charge on any atom is -2.00 e. The van der Waals surface area contributed by atoms with Crippen molar-refractivity contribution in [3.63, 3.8) is 0 Å². The number of para-hydroxylation sites is 4. The van der Waals surface area contributed by atoms with Crippen molar-refractivity contribution in [2.45, 2.75) is 0 Å². The van der Waals surface area contributed by atoms with Crippen LogP contribution in [0, 0.1) is 0 Å². The van der Waals surface area contributed by atoms with Crippen LogP contribution in [-0.2, 0) is 123 Å². The number of nitrogens with one attached hydrogen (secondary N) is 2. The molecule has 0 unspecified atom stereocenters. The van der Waals surface area contributed by atoms with E-state index in [4.69, 9.17) is 15.3 Å². The molecule has 4 aromatic rings. The molecule has 7 N–H and O–H groups in total. The molecule has 0 radical (unpaired) electrons. The molecule has 4 aromatic carbocycles. The maximum Gasteiger partial charge on any atom is 2.00 e. The number of aromatic hydroxyl groups is 2. The van der Waals surface area contributed by atoms with E-state index in [9.17, 15) is 34.2 Å². The summed E-state index contributed by atoms with van der Waals surface area (Å²) in [5.74, 6) is -3.61. The molecule has 0 aliphatic carbocycles. The predicted octanol–water partition coefficient (Wildman–Crippen LogP) is 10.9. The Kier molecular flexibility index (Phi) is 71.5. The van der Waals surface area contributed by atoms with Gasteiger partial charge >= 0.3 is 198 Å². The molecule has 0 saturated heterocycles. The summed E-state index contributed by atoms with van der Waals surface area (Å²) in [4.78, 5) is 51.3. The van der Waals surface area contributed by atoms with Crippen LogP contribution in [0.3, 0.4) is 0 Å². The summed E-state index contributed by atoms with van der Waals surface area (Å²) in [5, 5.41) is 47.2. The predicted molar refractivity (Wildman–Crippen MR) is 233 cm³/mol. The number of carbonyl (C=O) groups excluding carboxylic acids is 2. The zero-order valence-corrected chi connectivity index (χ0v) is 59.7. The first kappa shape index (κ1) is 80.8.